The lowest BCUT2D eigenvalue weighted by molar-refractivity contribution is -0.137. The Morgan fingerprint density at radius 2 is 1.55 bits per heavy atom. The zero-order valence-electron chi connectivity index (χ0n) is 12.0. The molecule has 20 heavy (non-hydrogen) atoms. The van der Waals surface area contributed by atoms with Crippen LogP contribution in [-0.4, -0.2) is 11.1 Å². The van der Waals surface area contributed by atoms with E-state index >= 15 is 0 Å². The third kappa shape index (κ3) is 2.67. The molecule has 0 saturated carbocycles. The number of hydrogen-bond acceptors (Lipinski definition) is 2. The minimum atomic E-state index is -0.843. The van der Waals surface area contributed by atoms with Gasteiger partial charge in [-0.2, -0.15) is 0 Å². The maximum absolute atomic E-state index is 11.7. The van der Waals surface area contributed by atoms with E-state index in [1.807, 2.05) is 32.9 Å². The van der Waals surface area contributed by atoms with Crippen LogP contribution in [-0.2, 0) is 4.79 Å². The number of benzene rings is 2. The van der Waals surface area contributed by atoms with Gasteiger partial charge in [-0.25, -0.2) is 0 Å². The topological polar surface area (TPSA) is 63.3 Å². The highest BCUT2D eigenvalue weighted by molar-refractivity contribution is 5.81. The molecule has 0 spiro atoms. The van der Waals surface area contributed by atoms with Crippen LogP contribution in [0.3, 0.4) is 0 Å². The molecule has 0 heterocycles. The molecule has 3 nitrogen and oxygen atoms in total. The highest BCUT2D eigenvalue weighted by atomic mass is 16.4. The Balaban J connectivity index is 2.60. The van der Waals surface area contributed by atoms with Gasteiger partial charge >= 0.3 is 5.97 Å². The van der Waals surface area contributed by atoms with Gasteiger partial charge in [0.05, 0.1) is 0 Å². The van der Waals surface area contributed by atoms with Gasteiger partial charge in [-0.3, -0.25) is 4.79 Å². The smallest absolute Gasteiger partial charge is 0.315 e. The summed E-state index contributed by atoms with van der Waals surface area (Å²) in [6.45, 7) is 5.94. The molecule has 0 saturated heterocycles. The van der Waals surface area contributed by atoms with Crippen molar-refractivity contribution >= 4 is 11.7 Å². The number of hydrogen-bond donors (Lipinski definition) is 2. The molecule has 0 aliphatic heterocycles. The average Bonchev–Trinajstić information content (AvgIpc) is 2.34. The van der Waals surface area contributed by atoms with Crippen LogP contribution in [0.1, 0.15) is 33.7 Å². The number of carbonyl (C=O) groups is 1. The lowest BCUT2D eigenvalue weighted by atomic mass is 9.85. The van der Waals surface area contributed by atoms with Gasteiger partial charge in [-0.05, 0) is 55.2 Å². The molecule has 2 aromatic rings. The number of nitrogens with two attached hydrogens (primary N) is 1. The molecule has 0 radical (unpaired) electrons. The summed E-state index contributed by atoms with van der Waals surface area (Å²) < 4.78 is 0. The van der Waals surface area contributed by atoms with Crippen molar-refractivity contribution < 1.29 is 9.90 Å². The van der Waals surface area contributed by atoms with Gasteiger partial charge in [-0.1, -0.05) is 29.8 Å². The molecule has 0 aliphatic rings. The van der Waals surface area contributed by atoms with E-state index in [0.717, 1.165) is 27.8 Å². The van der Waals surface area contributed by atoms with E-state index in [1.165, 1.54) is 0 Å². The fraction of sp³-hybridized carbons (Fsp3) is 0.235. The van der Waals surface area contributed by atoms with Gasteiger partial charge in [0, 0.05) is 5.69 Å². The molecule has 1 unspecified atom stereocenters. The van der Waals surface area contributed by atoms with Crippen LogP contribution in [0, 0.1) is 20.8 Å². The van der Waals surface area contributed by atoms with Crippen LogP contribution >= 0.6 is 0 Å². The molecular formula is C17H19NO2. The summed E-state index contributed by atoms with van der Waals surface area (Å²) >= 11 is 0. The van der Waals surface area contributed by atoms with E-state index in [-0.39, 0.29) is 0 Å². The molecule has 104 valence electrons. The summed E-state index contributed by atoms with van der Waals surface area (Å²) in [5.41, 5.74) is 11.1. The van der Waals surface area contributed by atoms with Gasteiger partial charge in [-0.15, -0.1) is 0 Å². The van der Waals surface area contributed by atoms with Crippen LogP contribution in [0.15, 0.2) is 36.4 Å². The Hall–Kier alpha value is -2.29. The van der Waals surface area contributed by atoms with Crippen LogP contribution in [0.25, 0.3) is 0 Å². The van der Waals surface area contributed by atoms with Gasteiger partial charge in [0.15, 0.2) is 0 Å². The maximum Gasteiger partial charge on any atom is 0.315 e. The molecule has 0 amide bonds. The third-order valence-electron chi connectivity index (χ3n) is 3.54. The lowest BCUT2D eigenvalue weighted by Crippen LogP contribution is -2.16. The summed E-state index contributed by atoms with van der Waals surface area (Å²) in [4.78, 5) is 11.7. The molecule has 0 fully saturated rings. The van der Waals surface area contributed by atoms with Crippen molar-refractivity contribution in [2.75, 3.05) is 5.73 Å². The predicted molar refractivity (Wildman–Crippen MR) is 81.0 cm³/mol. The summed E-state index contributed by atoms with van der Waals surface area (Å²) in [5, 5.41) is 9.64. The third-order valence-corrected chi connectivity index (χ3v) is 3.54. The van der Waals surface area contributed by atoms with Crippen molar-refractivity contribution in [1.29, 1.82) is 0 Å². The van der Waals surface area contributed by atoms with Gasteiger partial charge < -0.3 is 10.8 Å². The minimum Gasteiger partial charge on any atom is -0.481 e. The first kappa shape index (κ1) is 14.1. The summed E-state index contributed by atoms with van der Waals surface area (Å²) in [6, 6.07) is 11.1. The highest BCUT2D eigenvalue weighted by Gasteiger charge is 2.25. The van der Waals surface area contributed by atoms with Crippen molar-refractivity contribution in [3.8, 4) is 0 Å². The second kappa shape index (κ2) is 5.37. The zero-order valence-corrected chi connectivity index (χ0v) is 12.0. The summed E-state index contributed by atoms with van der Waals surface area (Å²) in [6.07, 6.45) is 0. The number of carboxylic acid groups (broad SMARTS) is 1. The molecule has 2 aromatic carbocycles. The van der Waals surface area contributed by atoms with Crippen molar-refractivity contribution in [3.05, 3.63) is 64.2 Å². The van der Waals surface area contributed by atoms with Crippen LogP contribution in [0.4, 0.5) is 5.69 Å². The monoisotopic (exact) mass is 269 g/mol. The number of carboxylic acids is 1. The maximum atomic E-state index is 11.7. The fourth-order valence-electron chi connectivity index (χ4n) is 2.77. The molecule has 0 aromatic heterocycles. The largest absolute Gasteiger partial charge is 0.481 e. The SMILES string of the molecule is Cc1cc(C)c(C(C(=O)O)c2ccc(N)cc2)c(C)c1. The summed E-state index contributed by atoms with van der Waals surface area (Å²) in [7, 11) is 0. The standard InChI is InChI=1S/C17H19NO2/c1-10-8-11(2)15(12(3)9-10)16(17(19)20)13-4-6-14(18)7-5-13/h4-9,16H,18H2,1-3H3,(H,19,20). The van der Waals surface area contributed by atoms with Crippen LogP contribution < -0.4 is 5.73 Å². The van der Waals surface area contributed by atoms with Gasteiger partial charge in [0.1, 0.15) is 5.92 Å². The second-order valence-corrected chi connectivity index (χ2v) is 5.25. The molecule has 3 N–H and O–H groups in total. The number of rotatable bonds is 3. The van der Waals surface area contributed by atoms with Crippen LogP contribution in [0.5, 0.6) is 0 Å². The Bertz CT molecular complexity index is 622. The molecule has 2 rings (SSSR count). The number of aryl methyl sites for hydroxylation is 3. The first-order valence-electron chi connectivity index (χ1n) is 6.56. The first-order chi connectivity index (χ1) is 9.40. The lowest BCUT2D eigenvalue weighted by Gasteiger charge is -2.19. The highest BCUT2D eigenvalue weighted by Crippen LogP contribution is 2.31. The van der Waals surface area contributed by atoms with Crippen molar-refractivity contribution in [2.45, 2.75) is 26.7 Å². The molecular weight excluding hydrogens is 250 g/mol. The normalized spacial score (nSPS) is 12.2. The van der Waals surface area contributed by atoms with Crippen molar-refractivity contribution in [1.82, 2.24) is 0 Å². The van der Waals surface area contributed by atoms with Gasteiger partial charge in [0.25, 0.3) is 0 Å². The van der Waals surface area contributed by atoms with Crippen molar-refractivity contribution in [2.24, 2.45) is 0 Å². The number of nitrogen functional groups attached to an aromatic ring is 1. The summed E-state index contributed by atoms with van der Waals surface area (Å²) in [5.74, 6) is -1.50. The Kier molecular flexibility index (Phi) is 3.79. The minimum absolute atomic E-state index is 0.634. The van der Waals surface area contributed by atoms with E-state index in [1.54, 1.807) is 24.3 Å². The number of aliphatic carboxylic acids is 1. The van der Waals surface area contributed by atoms with E-state index in [0.29, 0.717) is 5.69 Å². The van der Waals surface area contributed by atoms with Crippen molar-refractivity contribution in [3.63, 3.8) is 0 Å². The molecule has 3 heteroatoms. The van der Waals surface area contributed by atoms with E-state index < -0.39 is 11.9 Å². The Morgan fingerprint density at radius 3 is 2.00 bits per heavy atom. The fourth-order valence-corrected chi connectivity index (χ4v) is 2.77. The molecule has 0 aliphatic carbocycles. The molecule has 1 atom stereocenters. The molecule has 0 bridgehead atoms. The van der Waals surface area contributed by atoms with Crippen LogP contribution in [0.2, 0.25) is 0 Å². The predicted octanol–water partition coefficient (Wildman–Crippen LogP) is 3.41. The first-order valence-corrected chi connectivity index (χ1v) is 6.56. The van der Waals surface area contributed by atoms with Gasteiger partial charge in [0.2, 0.25) is 0 Å². The second-order valence-electron chi connectivity index (χ2n) is 5.25. The number of anilines is 1. The Labute approximate surface area is 119 Å². The zero-order chi connectivity index (χ0) is 14.9. The average molecular weight is 269 g/mol. The quantitative estimate of drug-likeness (QED) is 0.839. The van der Waals surface area contributed by atoms with E-state index in [4.69, 9.17) is 5.73 Å². The van der Waals surface area contributed by atoms with E-state index in [9.17, 15) is 9.90 Å². The van der Waals surface area contributed by atoms with E-state index in [2.05, 4.69) is 0 Å². The Morgan fingerprint density at radius 1 is 1.05 bits per heavy atom.